The summed E-state index contributed by atoms with van der Waals surface area (Å²) >= 11 is 0. The van der Waals surface area contributed by atoms with Crippen molar-refractivity contribution in [3.8, 4) is 0 Å². The number of alkyl carbamates (subject to hydrolysis) is 1. The molecule has 1 amide bonds. The zero-order chi connectivity index (χ0) is 16.4. The molecule has 1 heterocycles. The van der Waals surface area contributed by atoms with E-state index in [2.05, 4.69) is 22.4 Å². The summed E-state index contributed by atoms with van der Waals surface area (Å²) in [4.78, 5) is 16.2. The molecule has 0 spiro atoms. The largest absolute Gasteiger partial charge is 0.444 e. The molecule has 118 valence electrons. The van der Waals surface area contributed by atoms with Crippen molar-refractivity contribution in [2.75, 3.05) is 0 Å². The average Bonchev–Trinajstić information content (AvgIpc) is 2.51. The normalized spacial score (nSPS) is 11.6. The Morgan fingerprint density at radius 2 is 1.91 bits per heavy atom. The predicted molar refractivity (Wildman–Crippen MR) is 92.3 cm³/mol. The Balaban J connectivity index is 1.81. The summed E-state index contributed by atoms with van der Waals surface area (Å²) in [5, 5.41) is 6.14. The van der Waals surface area contributed by atoms with Crippen LogP contribution in [-0.4, -0.2) is 16.7 Å². The number of carbonyl (C=O) groups is 1. The van der Waals surface area contributed by atoms with Crippen molar-refractivity contribution in [3.63, 3.8) is 0 Å². The number of aromatic nitrogens is 1. The number of rotatable bonds is 2. The quantitative estimate of drug-likeness (QED) is 0.713. The third-order valence-corrected chi connectivity index (χ3v) is 3.49. The minimum atomic E-state index is -0.490. The van der Waals surface area contributed by atoms with Crippen LogP contribution in [-0.2, 0) is 11.3 Å². The van der Waals surface area contributed by atoms with Gasteiger partial charge in [0.2, 0.25) is 0 Å². The maximum Gasteiger partial charge on any atom is 0.407 e. The third-order valence-electron chi connectivity index (χ3n) is 3.49. The minimum absolute atomic E-state index is 0.408. The number of fused-ring (bicyclic) bond motifs is 3. The third kappa shape index (κ3) is 3.59. The maximum atomic E-state index is 11.7. The maximum absolute atomic E-state index is 11.7. The van der Waals surface area contributed by atoms with Crippen molar-refractivity contribution >= 4 is 27.8 Å². The number of hydrogen-bond donors (Lipinski definition) is 1. The molecule has 23 heavy (non-hydrogen) atoms. The van der Waals surface area contributed by atoms with E-state index >= 15 is 0 Å². The van der Waals surface area contributed by atoms with Gasteiger partial charge < -0.3 is 10.1 Å². The molecule has 3 aromatic rings. The molecule has 0 unspecified atom stereocenters. The fourth-order valence-electron chi connectivity index (χ4n) is 2.52. The number of nitrogens with one attached hydrogen (secondary N) is 1. The predicted octanol–water partition coefficient (Wildman–Crippen LogP) is 4.41. The van der Waals surface area contributed by atoms with Crippen LogP contribution in [0.5, 0.6) is 0 Å². The second-order valence-corrected chi connectivity index (χ2v) is 6.55. The van der Waals surface area contributed by atoms with E-state index in [4.69, 9.17) is 4.74 Å². The molecule has 0 saturated heterocycles. The highest BCUT2D eigenvalue weighted by molar-refractivity contribution is 6.05. The summed E-state index contributed by atoms with van der Waals surface area (Å²) in [5.74, 6) is 0. The second kappa shape index (κ2) is 5.88. The van der Waals surface area contributed by atoms with Crippen molar-refractivity contribution in [2.24, 2.45) is 0 Å². The molecule has 0 atom stereocenters. The minimum Gasteiger partial charge on any atom is -0.444 e. The molecule has 0 aliphatic rings. The van der Waals surface area contributed by atoms with E-state index in [-0.39, 0.29) is 0 Å². The summed E-state index contributed by atoms with van der Waals surface area (Å²) in [6.07, 6.45) is 1.46. The number of hydrogen-bond acceptors (Lipinski definition) is 3. The lowest BCUT2D eigenvalue weighted by Crippen LogP contribution is -2.32. The van der Waals surface area contributed by atoms with Crippen molar-refractivity contribution in [1.29, 1.82) is 0 Å². The van der Waals surface area contributed by atoms with Crippen LogP contribution in [0, 0.1) is 0 Å². The van der Waals surface area contributed by atoms with Crippen molar-refractivity contribution in [2.45, 2.75) is 32.9 Å². The molecule has 1 N–H and O–H groups in total. The van der Waals surface area contributed by atoms with Crippen LogP contribution >= 0.6 is 0 Å². The van der Waals surface area contributed by atoms with Crippen LogP contribution in [0.4, 0.5) is 4.79 Å². The number of ether oxygens (including phenoxy) is 1. The number of benzene rings is 2. The molecule has 0 saturated carbocycles. The standard InChI is InChI=1S/C19H20N2O2/c1-19(2,3)23-18(22)21-11-13-8-9-15-14(10-13)12-20-17-7-5-4-6-16(15)17/h4-10,12H,11H2,1-3H3,(H,21,22). The summed E-state index contributed by atoms with van der Waals surface area (Å²) in [7, 11) is 0. The van der Waals surface area contributed by atoms with Crippen molar-refractivity contribution < 1.29 is 9.53 Å². The van der Waals surface area contributed by atoms with Gasteiger partial charge in [0, 0.05) is 23.5 Å². The zero-order valence-corrected chi connectivity index (χ0v) is 13.6. The first-order chi connectivity index (χ1) is 10.9. The summed E-state index contributed by atoms with van der Waals surface area (Å²) in [6, 6.07) is 14.2. The molecule has 0 aliphatic carbocycles. The van der Waals surface area contributed by atoms with Crippen LogP contribution in [0.15, 0.2) is 48.7 Å². The van der Waals surface area contributed by atoms with Gasteiger partial charge in [-0.15, -0.1) is 0 Å². The molecule has 0 fully saturated rings. The Labute approximate surface area is 135 Å². The summed E-state index contributed by atoms with van der Waals surface area (Å²) in [6.45, 7) is 5.97. The number of para-hydroxylation sites is 1. The summed E-state index contributed by atoms with van der Waals surface area (Å²) in [5.41, 5.74) is 1.51. The van der Waals surface area contributed by atoms with E-state index in [1.54, 1.807) is 0 Å². The van der Waals surface area contributed by atoms with Crippen LogP contribution in [0.3, 0.4) is 0 Å². The van der Waals surface area contributed by atoms with Gasteiger partial charge in [-0.25, -0.2) is 4.79 Å². The molecular formula is C19H20N2O2. The van der Waals surface area contributed by atoms with Gasteiger partial charge in [0.05, 0.1) is 5.52 Å². The molecular weight excluding hydrogens is 288 g/mol. The lowest BCUT2D eigenvalue weighted by Gasteiger charge is -2.19. The first kappa shape index (κ1) is 15.3. The molecule has 4 nitrogen and oxygen atoms in total. The monoisotopic (exact) mass is 308 g/mol. The molecule has 4 heteroatoms. The Hall–Kier alpha value is -2.62. The zero-order valence-electron chi connectivity index (χ0n) is 13.6. The number of nitrogens with zero attached hydrogens (tertiary/aromatic N) is 1. The SMILES string of the molecule is CC(C)(C)OC(=O)NCc1ccc2c(cnc3ccccc32)c1. The van der Waals surface area contributed by atoms with Gasteiger partial charge in [-0.3, -0.25) is 4.98 Å². The van der Waals surface area contributed by atoms with Crippen LogP contribution < -0.4 is 5.32 Å². The van der Waals surface area contributed by atoms with E-state index in [9.17, 15) is 4.79 Å². The molecule has 0 aliphatic heterocycles. The van der Waals surface area contributed by atoms with Crippen molar-refractivity contribution in [1.82, 2.24) is 10.3 Å². The van der Waals surface area contributed by atoms with Crippen LogP contribution in [0.1, 0.15) is 26.3 Å². The van der Waals surface area contributed by atoms with Gasteiger partial charge in [0.1, 0.15) is 5.60 Å². The Kier molecular flexibility index (Phi) is 3.90. The Morgan fingerprint density at radius 3 is 2.70 bits per heavy atom. The summed E-state index contributed by atoms with van der Waals surface area (Å²) < 4.78 is 5.24. The van der Waals surface area contributed by atoms with Gasteiger partial charge in [-0.2, -0.15) is 0 Å². The fraction of sp³-hybridized carbons (Fsp3) is 0.263. The van der Waals surface area contributed by atoms with Gasteiger partial charge in [0.25, 0.3) is 0 Å². The highest BCUT2D eigenvalue weighted by Gasteiger charge is 2.15. The van der Waals surface area contributed by atoms with Crippen LogP contribution in [0.25, 0.3) is 21.7 Å². The van der Waals surface area contributed by atoms with E-state index in [1.165, 1.54) is 0 Å². The Bertz CT molecular complexity index is 866. The van der Waals surface area contributed by atoms with Gasteiger partial charge >= 0.3 is 6.09 Å². The highest BCUT2D eigenvalue weighted by atomic mass is 16.6. The van der Waals surface area contributed by atoms with Gasteiger partial charge in [0.15, 0.2) is 0 Å². The van der Waals surface area contributed by atoms with E-state index < -0.39 is 11.7 Å². The molecule has 2 aromatic carbocycles. The first-order valence-corrected chi connectivity index (χ1v) is 7.66. The highest BCUT2D eigenvalue weighted by Crippen LogP contribution is 2.24. The molecule has 0 radical (unpaired) electrons. The smallest absolute Gasteiger partial charge is 0.407 e. The first-order valence-electron chi connectivity index (χ1n) is 7.66. The second-order valence-electron chi connectivity index (χ2n) is 6.55. The van der Waals surface area contributed by atoms with Crippen LogP contribution in [0.2, 0.25) is 0 Å². The number of carbonyl (C=O) groups excluding carboxylic acids is 1. The molecule has 0 bridgehead atoms. The van der Waals surface area contributed by atoms with Gasteiger partial charge in [-0.1, -0.05) is 30.3 Å². The number of amides is 1. The van der Waals surface area contributed by atoms with Gasteiger partial charge in [-0.05, 0) is 43.9 Å². The fourth-order valence-corrected chi connectivity index (χ4v) is 2.52. The number of pyridine rings is 1. The van der Waals surface area contributed by atoms with Crippen molar-refractivity contribution in [3.05, 3.63) is 54.2 Å². The average molecular weight is 308 g/mol. The lowest BCUT2D eigenvalue weighted by atomic mass is 10.0. The van der Waals surface area contributed by atoms with E-state index in [0.717, 1.165) is 27.2 Å². The van der Waals surface area contributed by atoms with E-state index in [0.29, 0.717) is 6.54 Å². The molecule has 1 aromatic heterocycles. The van der Waals surface area contributed by atoms with E-state index in [1.807, 2.05) is 57.3 Å². The Morgan fingerprint density at radius 1 is 1.13 bits per heavy atom. The molecule has 3 rings (SSSR count). The topological polar surface area (TPSA) is 51.2 Å². The lowest BCUT2D eigenvalue weighted by molar-refractivity contribution is 0.0523.